The maximum atomic E-state index is 13.5. The van der Waals surface area contributed by atoms with Gasteiger partial charge in [-0.25, -0.2) is 18.2 Å². The Balaban J connectivity index is 2.18. The molecule has 0 N–H and O–H groups in total. The van der Waals surface area contributed by atoms with Crippen molar-refractivity contribution in [2.24, 2.45) is 0 Å². The van der Waals surface area contributed by atoms with Gasteiger partial charge < -0.3 is 4.74 Å². The highest BCUT2D eigenvalue weighted by molar-refractivity contribution is 9.08. The van der Waals surface area contributed by atoms with Crippen molar-refractivity contribution in [1.29, 1.82) is 0 Å². The van der Waals surface area contributed by atoms with Crippen molar-refractivity contribution < 1.29 is 17.9 Å². The number of nitrogens with zero attached hydrogens (tertiary/aromatic N) is 1. The number of halogens is 4. The maximum Gasteiger partial charge on any atom is 0.263 e. The normalized spacial score (nSPS) is 10.8. The van der Waals surface area contributed by atoms with E-state index in [2.05, 4.69) is 20.9 Å². The van der Waals surface area contributed by atoms with Crippen molar-refractivity contribution in [2.45, 2.75) is 11.8 Å². The largest absolute Gasteiger partial charge is 0.436 e. The summed E-state index contributed by atoms with van der Waals surface area (Å²) in [5.41, 5.74) is 0.563. The third kappa shape index (κ3) is 3.47. The van der Waals surface area contributed by atoms with Crippen LogP contribution in [0.25, 0.3) is 0 Å². The van der Waals surface area contributed by atoms with Gasteiger partial charge in [0.15, 0.2) is 11.6 Å². The van der Waals surface area contributed by atoms with Crippen molar-refractivity contribution in [2.75, 3.05) is 0 Å². The minimum Gasteiger partial charge on any atom is -0.436 e. The first-order valence-electron chi connectivity index (χ1n) is 5.36. The van der Waals surface area contributed by atoms with Crippen molar-refractivity contribution in [1.82, 2.24) is 4.98 Å². The second kappa shape index (κ2) is 6.06. The molecule has 19 heavy (non-hydrogen) atoms. The van der Waals surface area contributed by atoms with E-state index in [0.29, 0.717) is 5.33 Å². The summed E-state index contributed by atoms with van der Waals surface area (Å²) >= 11 is 3.27. The van der Waals surface area contributed by atoms with Gasteiger partial charge in [0.2, 0.25) is 5.88 Å². The number of hydrogen-bond acceptors (Lipinski definition) is 2. The third-order valence-electron chi connectivity index (χ3n) is 2.37. The van der Waals surface area contributed by atoms with Gasteiger partial charge in [-0.1, -0.05) is 22.0 Å². The van der Waals surface area contributed by atoms with E-state index in [9.17, 15) is 13.2 Å². The van der Waals surface area contributed by atoms with Crippen LogP contribution in [-0.2, 0) is 5.33 Å². The topological polar surface area (TPSA) is 22.1 Å². The van der Waals surface area contributed by atoms with Gasteiger partial charge in [0.25, 0.3) is 6.43 Å². The molecular formula is C13H9BrF3NO. The summed E-state index contributed by atoms with van der Waals surface area (Å²) in [6.07, 6.45) is -1.13. The van der Waals surface area contributed by atoms with Gasteiger partial charge in [0, 0.05) is 23.2 Å². The Hall–Kier alpha value is -1.56. The summed E-state index contributed by atoms with van der Waals surface area (Å²) < 4.78 is 43.5. The lowest BCUT2D eigenvalue weighted by Gasteiger charge is -2.07. The van der Waals surface area contributed by atoms with Crippen LogP contribution in [-0.4, -0.2) is 4.98 Å². The molecule has 0 radical (unpaired) electrons. The molecule has 0 amide bonds. The van der Waals surface area contributed by atoms with E-state index in [1.54, 1.807) is 18.3 Å². The van der Waals surface area contributed by atoms with Gasteiger partial charge in [-0.15, -0.1) is 0 Å². The second-order valence-corrected chi connectivity index (χ2v) is 4.29. The van der Waals surface area contributed by atoms with Crippen LogP contribution < -0.4 is 4.74 Å². The number of hydrogen-bond donors (Lipinski definition) is 0. The van der Waals surface area contributed by atoms with Crippen LogP contribution in [0.5, 0.6) is 11.6 Å². The van der Waals surface area contributed by atoms with Crippen LogP contribution in [0.15, 0.2) is 36.5 Å². The first-order chi connectivity index (χ1) is 9.10. The fourth-order valence-electron chi connectivity index (χ4n) is 1.40. The van der Waals surface area contributed by atoms with Crippen LogP contribution in [0, 0.1) is 5.82 Å². The van der Waals surface area contributed by atoms with E-state index in [1.807, 2.05) is 0 Å². The highest BCUT2D eigenvalue weighted by Gasteiger charge is 2.12. The van der Waals surface area contributed by atoms with Crippen LogP contribution in [0.1, 0.15) is 17.6 Å². The number of alkyl halides is 3. The zero-order valence-corrected chi connectivity index (χ0v) is 11.2. The van der Waals surface area contributed by atoms with Crippen molar-refractivity contribution in [3.8, 4) is 11.6 Å². The first kappa shape index (κ1) is 13.9. The van der Waals surface area contributed by atoms with E-state index >= 15 is 0 Å². The molecular weight excluding hydrogens is 323 g/mol. The molecule has 6 heteroatoms. The van der Waals surface area contributed by atoms with Crippen LogP contribution in [0.2, 0.25) is 0 Å². The molecule has 2 rings (SSSR count). The summed E-state index contributed by atoms with van der Waals surface area (Å²) in [5.74, 6) is -0.777. The molecule has 1 aromatic carbocycles. The van der Waals surface area contributed by atoms with Gasteiger partial charge >= 0.3 is 0 Å². The highest BCUT2D eigenvalue weighted by atomic mass is 79.9. The summed E-state index contributed by atoms with van der Waals surface area (Å²) in [6.45, 7) is 0. The van der Waals surface area contributed by atoms with Crippen LogP contribution in [0.3, 0.4) is 0 Å². The van der Waals surface area contributed by atoms with Crippen molar-refractivity contribution in [3.63, 3.8) is 0 Å². The van der Waals surface area contributed by atoms with E-state index in [1.165, 1.54) is 0 Å². The quantitative estimate of drug-likeness (QED) is 0.747. The molecule has 1 heterocycles. The second-order valence-electron chi connectivity index (χ2n) is 3.73. The lowest BCUT2D eigenvalue weighted by Crippen LogP contribution is -1.93. The predicted molar refractivity (Wildman–Crippen MR) is 68.3 cm³/mol. The Kier molecular flexibility index (Phi) is 4.42. The molecule has 100 valence electrons. The molecule has 2 aromatic rings. The average molecular weight is 332 g/mol. The molecule has 0 aliphatic rings. The van der Waals surface area contributed by atoms with Crippen LogP contribution in [0.4, 0.5) is 13.2 Å². The van der Waals surface area contributed by atoms with E-state index in [-0.39, 0.29) is 17.2 Å². The van der Waals surface area contributed by atoms with E-state index < -0.39 is 12.2 Å². The zero-order valence-electron chi connectivity index (χ0n) is 9.62. The van der Waals surface area contributed by atoms with Gasteiger partial charge in [-0.3, -0.25) is 0 Å². The lowest BCUT2D eigenvalue weighted by molar-refractivity contribution is 0.151. The molecule has 0 atom stereocenters. The maximum absolute atomic E-state index is 13.5. The van der Waals surface area contributed by atoms with Gasteiger partial charge in [0.1, 0.15) is 0 Å². The SMILES string of the molecule is Fc1cc(C(F)F)ccc1Oc1ccc(CBr)cn1. The summed E-state index contributed by atoms with van der Waals surface area (Å²) in [7, 11) is 0. The van der Waals surface area contributed by atoms with Gasteiger partial charge in [-0.05, 0) is 23.8 Å². The molecule has 0 bridgehead atoms. The molecule has 0 saturated carbocycles. The standard InChI is InChI=1S/C13H9BrF3NO/c14-6-8-1-4-12(18-7-8)19-11-3-2-9(13(16)17)5-10(11)15/h1-5,7,13H,6H2. The number of benzene rings is 1. The van der Waals surface area contributed by atoms with E-state index in [0.717, 1.165) is 23.8 Å². The molecule has 0 unspecified atom stereocenters. The fraction of sp³-hybridized carbons (Fsp3) is 0.154. The van der Waals surface area contributed by atoms with Crippen LogP contribution >= 0.6 is 15.9 Å². The molecule has 0 saturated heterocycles. The summed E-state index contributed by atoms with van der Waals surface area (Å²) in [5, 5.41) is 0.651. The Bertz CT molecular complexity index is 560. The third-order valence-corrected chi connectivity index (χ3v) is 3.02. The Morgan fingerprint density at radius 3 is 2.53 bits per heavy atom. The Labute approximate surface area is 116 Å². The fourth-order valence-corrected chi connectivity index (χ4v) is 1.73. The average Bonchev–Trinajstić information content (AvgIpc) is 2.41. The number of pyridine rings is 1. The zero-order chi connectivity index (χ0) is 13.8. The van der Waals surface area contributed by atoms with Gasteiger partial charge in [0.05, 0.1) is 0 Å². The number of rotatable bonds is 4. The monoisotopic (exact) mass is 331 g/mol. The minimum absolute atomic E-state index is 0.136. The molecule has 0 aliphatic heterocycles. The number of aromatic nitrogens is 1. The first-order valence-corrected chi connectivity index (χ1v) is 6.48. The summed E-state index contributed by atoms with van der Waals surface area (Å²) in [4.78, 5) is 3.98. The number of ether oxygens (including phenoxy) is 1. The Morgan fingerprint density at radius 1 is 1.21 bits per heavy atom. The minimum atomic E-state index is -2.71. The Morgan fingerprint density at radius 2 is 2.00 bits per heavy atom. The molecule has 1 aromatic heterocycles. The molecule has 0 aliphatic carbocycles. The van der Waals surface area contributed by atoms with Crippen molar-refractivity contribution in [3.05, 3.63) is 53.5 Å². The lowest BCUT2D eigenvalue weighted by atomic mass is 10.2. The molecule has 2 nitrogen and oxygen atoms in total. The molecule has 0 fully saturated rings. The van der Waals surface area contributed by atoms with Gasteiger partial charge in [-0.2, -0.15) is 0 Å². The van der Waals surface area contributed by atoms with E-state index in [4.69, 9.17) is 4.74 Å². The summed E-state index contributed by atoms with van der Waals surface area (Å²) in [6, 6.07) is 6.39. The predicted octanol–water partition coefficient (Wildman–Crippen LogP) is 4.85. The smallest absolute Gasteiger partial charge is 0.263 e. The molecule has 0 spiro atoms. The van der Waals surface area contributed by atoms with Crippen molar-refractivity contribution >= 4 is 15.9 Å². The highest BCUT2D eigenvalue weighted by Crippen LogP contribution is 2.27.